The fourth-order valence-electron chi connectivity index (χ4n) is 8.31. The van der Waals surface area contributed by atoms with Crippen molar-refractivity contribution in [3.63, 3.8) is 0 Å². The van der Waals surface area contributed by atoms with Gasteiger partial charge in [0.05, 0.1) is 26.4 Å². The van der Waals surface area contributed by atoms with Crippen molar-refractivity contribution in [2.24, 2.45) is 0 Å². The highest BCUT2D eigenvalue weighted by Crippen LogP contribution is 2.48. The zero-order valence-electron chi connectivity index (χ0n) is 41.6. The van der Waals surface area contributed by atoms with E-state index in [0.29, 0.717) is 35.8 Å². The first-order chi connectivity index (χ1) is 33.5. The predicted molar refractivity (Wildman–Crippen MR) is 266 cm³/mol. The van der Waals surface area contributed by atoms with Crippen LogP contribution >= 0.6 is 0 Å². The molecule has 0 aliphatic carbocycles. The maximum atomic E-state index is 12.4. The molecule has 2 heterocycles. The molecule has 368 valence electrons. The number of ether oxygens (including phenoxy) is 10. The summed E-state index contributed by atoms with van der Waals surface area (Å²) in [6, 6.07) is 47.6. The number of methoxy groups -OCH3 is 2. The fraction of sp³-hybridized carbons (Fsp3) is 0.345. The molecule has 0 bridgehead atoms. The van der Waals surface area contributed by atoms with Crippen LogP contribution < -0.4 is 28.4 Å². The second-order valence-electron chi connectivity index (χ2n) is 19.1. The van der Waals surface area contributed by atoms with Crippen LogP contribution in [0.2, 0.25) is 0 Å². The molecule has 0 aromatic heterocycles. The lowest BCUT2D eigenvalue weighted by Gasteiger charge is -2.34. The molecular formula is C58H64O12. The van der Waals surface area contributed by atoms with Crippen molar-refractivity contribution in [3.05, 3.63) is 179 Å². The maximum absolute atomic E-state index is 12.4. The van der Waals surface area contributed by atoms with Crippen LogP contribution in [0.4, 0.5) is 9.59 Å². The average molecular weight is 953 g/mol. The SMILES string of the molecule is COc1cc2c(cc1OC(=O)OC(C)(C)C)O[C@H](O[C@H](C)c1ccccc1)C[C@@H]2c1ccccc1.COc1cc2c(cc1OC(=O)OC(C)(C)C)O[C@H](O[C@H](C)c1ccccc1)C[C@@H]2c1ccccc1. The van der Waals surface area contributed by atoms with Gasteiger partial charge in [0, 0.05) is 47.9 Å². The minimum absolute atomic E-state index is 0.0115. The lowest BCUT2D eigenvalue weighted by Crippen LogP contribution is -2.30. The molecule has 6 atom stereocenters. The van der Waals surface area contributed by atoms with Crippen molar-refractivity contribution in [1.82, 2.24) is 0 Å². The Morgan fingerprint density at radius 2 is 0.814 bits per heavy atom. The van der Waals surface area contributed by atoms with Crippen LogP contribution in [0.15, 0.2) is 146 Å². The molecular weight excluding hydrogens is 889 g/mol. The number of benzene rings is 6. The highest BCUT2D eigenvalue weighted by atomic mass is 16.7. The van der Waals surface area contributed by atoms with Crippen LogP contribution in [0.5, 0.6) is 34.5 Å². The summed E-state index contributed by atoms with van der Waals surface area (Å²) in [6.45, 7) is 14.7. The van der Waals surface area contributed by atoms with E-state index < -0.39 is 36.1 Å². The second kappa shape index (κ2) is 22.6. The van der Waals surface area contributed by atoms with Gasteiger partial charge in [-0.1, -0.05) is 121 Å². The number of hydrogen-bond donors (Lipinski definition) is 0. The van der Waals surface area contributed by atoms with E-state index in [-0.39, 0.29) is 35.5 Å². The summed E-state index contributed by atoms with van der Waals surface area (Å²) in [5.41, 5.74) is 4.94. The third-order valence-electron chi connectivity index (χ3n) is 11.5. The molecule has 0 radical (unpaired) electrons. The molecule has 6 aromatic carbocycles. The Morgan fingerprint density at radius 3 is 1.13 bits per heavy atom. The van der Waals surface area contributed by atoms with Crippen molar-refractivity contribution < 1.29 is 57.0 Å². The Kier molecular flexibility index (Phi) is 16.4. The molecule has 0 spiro atoms. The third kappa shape index (κ3) is 13.6. The van der Waals surface area contributed by atoms with Gasteiger partial charge in [-0.05, 0) is 89.8 Å². The molecule has 2 aliphatic rings. The lowest BCUT2D eigenvalue weighted by atomic mass is 9.86. The Bertz CT molecular complexity index is 2460. The normalized spacial score (nSPS) is 18.1. The number of carbonyl (C=O) groups is 2. The second-order valence-corrected chi connectivity index (χ2v) is 19.1. The maximum Gasteiger partial charge on any atom is 0.514 e. The zero-order chi connectivity index (χ0) is 50.0. The van der Waals surface area contributed by atoms with E-state index in [9.17, 15) is 9.59 Å². The average Bonchev–Trinajstić information content (AvgIpc) is 3.33. The number of rotatable bonds is 12. The van der Waals surface area contributed by atoms with Gasteiger partial charge in [-0.2, -0.15) is 0 Å². The summed E-state index contributed by atoms with van der Waals surface area (Å²) in [6.07, 6.45) is -1.66. The molecule has 0 fully saturated rings. The van der Waals surface area contributed by atoms with Crippen LogP contribution in [-0.4, -0.2) is 50.3 Å². The first kappa shape index (κ1) is 50.8. The third-order valence-corrected chi connectivity index (χ3v) is 11.5. The highest BCUT2D eigenvalue weighted by Gasteiger charge is 2.35. The van der Waals surface area contributed by atoms with Gasteiger partial charge in [-0.15, -0.1) is 0 Å². The van der Waals surface area contributed by atoms with Gasteiger partial charge in [0.15, 0.2) is 23.0 Å². The van der Waals surface area contributed by atoms with Gasteiger partial charge < -0.3 is 47.4 Å². The lowest BCUT2D eigenvalue weighted by molar-refractivity contribution is -0.127. The van der Waals surface area contributed by atoms with E-state index in [2.05, 4.69) is 24.3 Å². The van der Waals surface area contributed by atoms with Crippen molar-refractivity contribution in [2.45, 2.75) is 116 Å². The van der Waals surface area contributed by atoms with E-state index in [4.69, 9.17) is 47.4 Å². The first-order valence-corrected chi connectivity index (χ1v) is 23.6. The molecule has 70 heavy (non-hydrogen) atoms. The molecule has 0 unspecified atom stereocenters. The van der Waals surface area contributed by atoms with Gasteiger partial charge in [0.1, 0.15) is 22.7 Å². The van der Waals surface area contributed by atoms with E-state index in [0.717, 1.165) is 33.4 Å². The topological polar surface area (TPSA) is 126 Å². The number of fused-ring (bicyclic) bond motifs is 2. The van der Waals surface area contributed by atoms with Gasteiger partial charge in [-0.3, -0.25) is 0 Å². The standard InChI is InChI=1S/2C29H32O6/c2*1-19(20-12-8-6-9-13-20)32-27-17-22(21-14-10-7-11-15-21)23-16-25(31-5)26(18-24(23)33-27)34-28(30)35-29(2,3)4/h2*6-16,18-19,22,27H,17H2,1-5H3/t2*19-,22-,27+/m11/s1. The first-order valence-electron chi connectivity index (χ1n) is 23.6. The molecule has 0 saturated heterocycles. The fourth-order valence-corrected chi connectivity index (χ4v) is 8.31. The Labute approximate surface area is 411 Å². The summed E-state index contributed by atoms with van der Waals surface area (Å²) in [5.74, 6) is 2.49. The van der Waals surface area contributed by atoms with Crippen LogP contribution in [-0.2, 0) is 18.9 Å². The van der Waals surface area contributed by atoms with E-state index >= 15 is 0 Å². The summed E-state index contributed by atoms with van der Waals surface area (Å²) in [5, 5.41) is 0. The molecule has 2 aliphatic heterocycles. The Balaban J connectivity index is 0.000000206. The molecule has 0 N–H and O–H groups in total. The smallest absolute Gasteiger partial charge is 0.493 e. The molecule has 0 amide bonds. The summed E-state index contributed by atoms with van der Waals surface area (Å²) in [4.78, 5) is 24.7. The molecule has 12 heteroatoms. The van der Waals surface area contributed by atoms with Gasteiger partial charge in [0.2, 0.25) is 12.6 Å². The predicted octanol–water partition coefficient (Wildman–Crippen LogP) is 14.1. The molecule has 12 nitrogen and oxygen atoms in total. The molecule has 0 saturated carbocycles. The number of carbonyl (C=O) groups excluding carboxylic acids is 2. The van der Waals surface area contributed by atoms with Crippen LogP contribution in [0.3, 0.4) is 0 Å². The quantitative estimate of drug-likeness (QED) is 0.0856. The van der Waals surface area contributed by atoms with Crippen molar-refractivity contribution >= 4 is 12.3 Å². The molecule has 8 rings (SSSR count). The van der Waals surface area contributed by atoms with Crippen molar-refractivity contribution in [3.8, 4) is 34.5 Å². The zero-order valence-corrected chi connectivity index (χ0v) is 41.6. The Morgan fingerprint density at radius 1 is 0.486 bits per heavy atom. The highest BCUT2D eigenvalue weighted by molar-refractivity contribution is 5.68. The number of hydrogen-bond acceptors (Lipinski definition) is 12. The van der Waals surface area contributed by atoms with E-state index in [1.165, 1.54) is 0 Å². The van der Waals surface area contributed by atoms with Crippen LogP contribution in [0.1, 0.15) is 126 Å². The van der Waals surface area contributed by atoms with Gasteiger partial charge in [0.25, 0.3) is 0 Å². The summed E-state index contributed by atoms with van der Waals surface area (Å²) in [7, 11) is 3.08. The van der Waals surface area contributed by atoms with Crippen LogP contribution in [0, 0.1) is 0 Å². The molecule has 6 aromatic rings. The van der Waals surface area contributed by atoms with E-state index in [1.807, 2.05) is 123 Å². The monoisotopic (exact) mass is 952 g/mol. The van der Waals surface area contributed by atoms with Crippen LogP contribution in [0.25, 0.3) is 0 Å². The van der Waals surface area contributed by atoms with Crippen molar-refractivity contribution in [1.29, 1.82) is 0 Å². The minimum atomic E-state index is -0.809. The van der Waals surface area contributed by atoms with Gasteiger partial charge in [-0.25, -0.2) is 9.59 Å². The Hall–Kier alpha value is -7.02. The summed E-state index contributed by atoms with van der Waals surface area (Å²) < 4.78 is 58.0. The minimum Gasteiger partial charge on any atom is -0.493 e. The summed E-state index contributed by atoms with van der Waals surface area (Å²) >= 11 is 0. The van der Waals surface area contributed by atoms with Gasteiger partial charge >= 0.3 is 12.3 Å². The van der Waals surface area contributed by atoms with E-state index in [1.54, 1.807) is 67.9 Å². The largest absolute Gasteiger partial charge is 0.514 e. The van der Waals surface area contributed by atoms with Crippen molar-refractivity contribution in [2.75, 3.05) is 14.2 Å².